The molecule has 1 N–H and O–H groups in total. The minimum Gasteiger partial charge on any atom is -0.468 e. The number of hydrogen-bond donors (Lipinski definition) is 1. The van der Waals surface area contributed by atoms with Crippen LogP contribution in [0.4, 0.5) is 0 Å². The van der Waals surface area contributed by atoms with Gasteiger partial charge in [-0.15, -0.1) is 5.10 Å². The highest BCUT2D eigenvalue weighted by atomic mass is 32.2. The Bertz CT molecular complexity index is 382. The van der Waals surface area contributed by atoms with E-state index >= 15 is 0 Å². The highest BCUT2D eigenvalue weighted by Crippen LogP contribution is 2.26. The number of aromatic nitrogens is 4. The molecule has 1 aromatic heterocycles. The Kier molecular flexibility index (Phi) is 3.39. The fraction of sp³-hybridized carbons (Fsp3) is 0.750. The molecule has 7 nitrogen and oxygen atoms in total. The number of carbonyl (C=O) groups excluding carboxylic acids is 1. The van der Waals surface area contributed by atoms with Crippen molar-refractivity contribution in [3.05, 3.63) is 0 Å². The van der Waals surface area contributed by atoms with E-state index in [1.165, 1.54) is 7.11 Å². The summed E-state index contributed by atoms with van der Waals surface area (Å²) < 4.78 is 6.31. The Hall–Kier alpha value is -1.15. The normalized spacial score (nSPS) is 24.6. The monoisotopic (exact) mass is 243 g/mol. The Labute approximate surface area is 96.9 Å². The molecule has 1 aliphatic rings. The molecule has 0 bridgehead atoms. The summed E-state index contributed by atoms with van der Waals surface area (Å²) in [7, 11) is 3.19. The summed E-state index contributed by atoms with van der Waals surface area (Å²) in [6, 6.07) is -0.205. The van der Waals surface area contributed by atoms with E-state index in [9.17, 15) is 4.79 Å². The van der Waals surface area contributed by atoms with Crippen LogP contribution < -0.4 is 5.32 Å². The maximum absolute atomic E-state index is 11.3. The van der Waals surface area contributed by atoms with Gasteiger partial charge in [-0.25, -0.2) is 4.68 Å². The Balaban J connectivity index is 1.90. The molecule has 2 rings (SSSR count). The van der Waals surface area contributed by atoms with E-state index in [1.54, 1.807) is 23.5 Å². The molecule has 0 unspecified atom stereocenters. The third-order valence-electron chi connectivity index (χ3n) is 2.43. The molecule has 0 spiro atoms. The lowest BCUT2D eigenvalue weighted by Gasteiger charge is -2.07. The first-order valence-electron chi connectivity index (χ1n) is 4.91. The van der Waals surface area contributed by atoms with Crippen LogP contribution in [-0.4, -0.2) is 51.1 Å². The third-order valence-corrected chi connectivity index (χ3v) is 3.68. The lowest BCUT2D eigenvalue weighted by Crippen LogP contribution is -2.31. The zero-order valence-corrected chi connectivity index (χ0v) is 9.90. The van der Waals surface area contributed by atoms with Crippen LogP contribution in [0.5, 0.6) is 0 Å². The van der Waals surface area contributed by atoms with Gasteiger partial charge in [0.05, 0.1) is 7.11 Å². The zero-order chi connectivity index (χ0) is 11.5. The van der Waals surface area contributed by atoms with E-state index in [0.717, 1.165) is 18.1 Å². The van der Waals surface area contributed by atoms with Gasteiger partial charge in [-0.1, -0.05) is 11.8 Å². The summed E-state index contributed by atoms with van der Waals surface area (Å²) in [5, 5.41) is 15.4. The number of aryl methyl sites for hydroxylation is 1. The fourth-order valence-electron chi connectivity index (χ4n) is 1.59. The van der Waals surface area contributed by atoms with Gasteiger partial charge in [-0.05, 0) is 16.8 Å². The van der Waals surface area contributed by atoms with Crippen LogP contribution in [0.15, 0.2) is 5.16 Å². The highest BCUT2D eigenvalue weighted by Gasteiger charge is 2.31. The van der Waals surface area contributed by atoms with E-state index in [4.69, 9.17) is 0 Å². The maximum atomic E-state index is 11.3. The SMILES string of the molecule is COC(=O)[C@@H]1C[C@H](Sc2nnnn2C)CN1. The van der Waals surface area contributed by atoms with Crippen LogP contribution in [0.3, 0.4) is 0 Å². The number of nitrogens with zero attached hydrogens (tertiary/aromatic N) is 4. The van der Waals surface area contributed by atoms with Crippen LogP contribution >= 0.6 is 11.8 Å². The van der Waals surface area contributed by atoms with Crippen LogP contribution in [0, 0.1) is 0 Å². The van der Waals surface area contributed by atoms with Gasteiger partial charge >= 0.3 is 5.97 Å². The Morgan fingerprint density at radius 1 is 1.69 bits per heavy atom. The third kappa shape index (κ3) is 2.33. The highest BCUT2D eigenvalue weighted by molar-refractivity contribution is 7.99. The largest absolute Gasteiger partial charge is 0.468 e. The average Bonchev–Trinajstić information content (AvgIpc) is 2.89. The summed E-state index contributed by atoms with van der Waals surface area (Å²) >= 11 is 1.57. The van der Waals surface area contributed by atoms with Gasteiger partial charge < -0.3 is 10.1 Å². The van der Waals surface area contributed by atoms with Crippen LogP contribution in [0.25, 0.3) is 0 Å². The lowest BCUT2D eigenvalue weighted by molar-refractivity contribution is -0.142. The number of nitrogens with one attached hydrogen (secondary N) is 1. The molecule has 0 amide bonds. The summed E-state index contributed by atoms with van der Waals surface area (Å²) in [5.41, 5.74) is 0. The van der Waals surface area contributed by atoms with Crippen LogP contribution in [0.2, 0.25) is 0 Å². The predicted molar refractivity (Wildman–Crippen MR) is 56.9 cm³/mol. The van der Waals surface area contributed by atoms with Crippen molar-refractivity contribution in [2.24, 2.45) is 7.05 Å². The molecular weight excluding hydrogens is 230 g/mol. The van der Waals surface area contributed by atoms with Gasteiger partial charge in [-0.3, -0.25) is 4.79 Å². The molecule has 1 saturated heterocycles. The lowest BCUT2D eigenvalue weighted by atomic mass is 10.2. The molecule has 0 aromatic carbocycles. The van der Waals surface area contributed by atoms with Crippen molar-refractivity contribution >= 4 is 17.7 Å². The van der Waals surface area contributed by atoms with Crippen LogP contribution in [0.1, 0.15) is 6.42 Å². The minimum absolute atomic E-state index is 0.205. The molecule has 1 aromatic rings. The zero-order valence-electron chi connectivity index (χ0n) is 9.08. The predicted octanol–water partition coefficient (Wildman–Crippen LogP) is -0.794. The number of thioether (sulfide) groups is 1. The average molecular weight is 243 g/mol. The minimum atomic E-state index is -0.209. The number of ether oxygens (including phenoxy) is 1. The van der Waals surface area contributed by atoms with E-state index < -0.39 is 0 Å². The number of hydrogen-bond acceptors (Lipinski definition) is 7. The van der Waals surface area contributed by atoms with Crippen molar-refractivity contribution in [3.8, 4) is 0 Å². The van der Waals surface area contributed by atoms with Crippen molar-refractivity contribution in [2.45, 2.75) is 22.9 Å². The summed E-state index contributed by atoms with van der Waals surface area (Å²) in [6.07, 6.45) is 0.740. The van der Waals surface area contributed by atoms with Crippen molar-refractivity contribution in [3.63, 3.8) is 0 Å². The molecule has 1 aliphatic heterocycles. The van der Waals surface area contributed by atoms with Gasteiger partial charge in [0.1, 0.15) is 6.04 Å². The van der Waals surface area contributed by atoms with E-state index in [2.05, 4.69) is 25.6 Å². The van der Waals surface area contributed by atoms with Gasteiger partial charge in [0, 0.05) is 18.8 Å². The number of methoxy groups -OCH3 is 1. The standard InChI is InChI=1S/C8H13N5O2S/c1-13-8(10-11-12-13)16-5-3-6(9-4-5)7(14)15-2/h5-6,9H,3-4H2,1-2H3/t5-,6-/m0/s1. The van der Waals surface area contributed by atoms with Gasteiger partial charge in [0.25, 0.3) is 0 Å². The smallest absolute Gasteiger partial charge is 0.322 e. The van der Waals surface area contributed by atoms with Crippen LogP contribution in [-0.2, 0) is 16.6 Å². The second-order valence-corrected chi connectivity index (χ2v) is 4.81. The van der Waals surface area contributed by atoms with E-state index in [0.29, 0.717) is 5.25 Å². The first-order valence-corrected chi connectivity index (χ1v) is 5.79. The first kappa shape index (κ1) is 11.3. The molecule has 0 radical (unpaired) electrons. The van der Waals surface area contributed by atoms with E-state index in [1.807, 2.05) is 0 Å². The number of rotatable bonds is 3. The first-order chi connectivity index (χ1) is 7.70. The Morgan fingerprint density at radius 2 is 2.50 bits per heavy atom. The van der Waals surface area contributed by atoms with Crippen molar-refractivity contribution < 1.29 is 9.53 Å². The molecule has 88 valence electrons. The quantitative estimate of drug-likeness (QED) is 0.696. The van der Waals surface area contributed by atoms with Crippen molar-refractivity contribution in [1.82, 2.24) is 25.5 Å². The molecular formula is C8H13N5O2S. The van der Waals surface area contributed by atoms with Crippen molar-refractivity contribution in [2.75, 3.05) is 13.7 Å². The topological polar surface area (TPSA) is 81.9 Å². The summed E-state index contributed by atoms with van der Waals surface area (Å²) in [5.74, 6) is -0.209. The fourth-order valence-corrected chi connectivity index (χ4v) is 2.62. The van der Waals surface area contributed by atoms with Crippen molar-refractivity contribution in [1.29, 1.82) is 0 Å². The number of tetrazole rings is 1. The van der Waals surface area contributed by atoms with Gasteiger partial charge in [0.15, 0.2) is 0 Å². The molecule has 0 saturated carbocycles. The molecule has 0 aliphatic carbocycles. The Morgan fingerprint density at radius 3 is 3.12 bits per heavy atom. The number of carbonyl (C=O) groups is 1. The molecule has 16 heavy (non-hydrogen) atoms. The maximum Gasteiger partial charge on any atom is 0.322 e. The summed E-state index contributed by atoms with van der Waals surface area (Å²) in [6.45, 7) is 0.761. The van der Waals surface area contributed by atoms with Gasteiger partial charge in [0.2, 0.25) is 5.16 Å². The molecule has 2 atom stereocenters. The second-order valence-electron chi connectivity index (χ2n) is 3.54. The second kappa shape index (κ2) is 4.79. The summed E-state index contributed by atoms with van der Waals surface area (Å²) in [4.78, 5) is 11.3. The van der Waals surface area contributed by atoms with Gasteiger partial charge in [-0.2, -0.15) is 0 Å². The van der Waals surface area contributed by atoms with E-state index in [-0.39, 0.29) is 12.0 Å². The molecule has 8 heteroatoms. The molecule has 2 heterocycles. The number of esters is 1. The molecule has 1 fully saturated rings.